The number of piperazine rings is 1. The highest BCUT2D eigenvalue weighted by Crippen LogP contribution is 2.15. The van der Waals surface area contributed by atoms with Crippen molar-refractivity contribution in [3.63, 3.8) is 0 Å². The quantitative estimate of drug-likeness (QED) is 0.0254. The zero-order valence-corrected chi connectivity index (χ0v) is 62.2. The summed E-state index contributed by atoms with van der Waals surface area (Å²) < 4.78 is 0. The van der Waals surface area contributed by atoms with Crippen LogP contribution in [0, 0.1) is 0 Å². The molecular formula is C76H150N10O10. The van der Waals surface area contributed by atoms with Gasteiger partial charge in [0.25, 0.3) is 0 Å². The van der Waals surface area contributed by atoms with Gasteiger partial charge in [-0.15, -0.1) is 0 Å². The van der Waals surface area contributed by atoms with Gasteiger partial charge in [0.05, 0.1) is 0 Å². The molecule has 1 heterocycles. The first-order valence-corrected chi connectivity index (χ1v) is 40.0. The lowest BCUT2D eigenvalue weighted by atomic mass is 10.1. The standard InChI is InChI=1S/C76H150N10O10/c1-5-9-13-17-21-25-29-33-37-41-49-79-73(93)67(87)63-85(64-68(88)74(94)80-50-42-38-34-30-26-22-18-14-10-6-2)57-47-71(91)77-53-45-55-83-59-61-84(62-60-83)56-46-54-78-72(92)48-58-86(65-69(89)75(95)81-51-43-39-35-31-27-23-19-15-11-7-3)66-70(90)76(96)82-52-44-40-36-32-28-24-20-16-12-8-4/h67-70,87-90H,5-66H2,1-4H3,(H,77,91)(H,78,92)(H,79,93)(H,80,94)(H,81,95)(H,82,96). The van der Waals surface area contributed by atoms with Crippen LogP contribution in [-0.4, -0.2) is 218 Å². The van der Waals surface area contributed by atoms with Crippen LogP contribution in [-0.2, 0) is 28.8 Å². The molecule has 20 heteroatoms. The summed E-state index contributed by atoms with van der Waals surface area (Å²) in [5.74, 6) is -2.37. The van der Waals surface area contributed by atoms with Crippen molar-refractivity contribution in [3.05, 3.63) is 0 Å². The average Bonchev–Trinajstić information content (AvgIpc) is 1.59. The van der Waals surface area contributed by atoms with E-state index < -0.39 is 48.0 Å². The van der Waals surface area contributed by atoms with E-state index in [1.165, 1.54) is 180 Å². The number of hydrogen-bond donors (Lipinski definition) is 10. The highest BCUT2D eigenvalue weighted by molar-refractivity contribution is 5.82. The van der Waals surface area contributed by atoms with Crippen LogP contribution in [0.4, 0.5) is 0 Å². The van der Waals surface area contributed by atoms with Gasteiger partial charge >= 0.3 is 0 Å². The van der Waals surface area contributed by atoms with Crippen LogP contribution in [0.2, 0.25) is 0 Å². The van der Waals surface area contributed by atoms with Crippen LogP contribution < -0.4 is 31.9 Å². The Kier molecular flexibility index (Phi) is 62.3. The molecule has 0 bridgehead atoms. The van der Waals surface area contributed by atoms with Gasteiger partial charge in [-0.1, -0.05) is 259 Å². The summed E-state index contributed by atoms with van der Waals surface area (Å²) in [6.07, 6.45) is 43.4. The summed E-state index contributed by atoms with van der Waals surface area (Å²) in [5, 5.41) is 61.3. The highest BCUT2D eigenvalue weighted by Gasteiger charge is 2.27. The highest BCUT2D eigenvalue weighted by atomic mass is 16.3. The van der Waals surface area contributed by atoms with Gasteiger partial charge in [-0.05, 0) is 51.6 Å². The van der Waals surface area contributed by atoms with Gasteiger partial charge in [0.2, 0.25) is 35.4 Å². The van der Waals surface area contributed by atoms with Gasteiger partial charge in [0, 0.05) is 118 Å². The second-order valence-electron chi connectivity index (χ2n) is 28.1. The second-order valence-corrected chi connectivity index (χ2v) is 28.1. The maximum Gasteiger partial charge on any atom is 0.250 e. The Labute approximate surface area is 586 Å². The zero-order chi connectivity index (χ0) is 70.2. The average molecular weight is 1360 g/mol. The van der Waals surface area contributed by atoms with Gasteiger partial charge in [0.15, 0.2) is 0 Å². The number of carbonyl (C=O) groups excluding carboxylic acids is 6. The van der Waals surface area contributed by atoms with Gasteiger partial charge in [-0.25, -0.2) is 0 Å². The zero-order valence-electron chi connectivity index (χ0n) is 62.2. The van der Waals surface area contributed by atoms with Gasteiger partial charge in [-0.3, -0.25) is 38.6 Å². The van der Waals surface area contributed by atoms with Crippen molar-refractivity contribution in [1.29, 1.82) is 0 Å². The van der Waals surface area contributed by atoms with Crippen molar-refractivity contribution in [1.82, 2.24) is 51.5 Å². The number of carbonyl (C=O) groups is 6. The normalized spacial score (nSPS) is 14.2. The van der Waals surface area contributed by atoms with Gasteiger partial charge in [0.1, 0.15) is 24.4 Å². The molecule has 1 rings (SSSR count). The lowest BCUT2D eigenvalue weighted by Crippen LogP contribution is -2.49. The van der Waals surface area contributed by atoms with E-state index in [-0.39, 0.29) is 63.9 Å². The Hall–Kier alpha value is -3.50. The molecule has 10 N–H and O–H groups in total. The maximum absolute atomic E-state index is 13.1. The van der Waals surface area contributed by atoms with Crippen LogP contribution in [0.25, 0.3) is 0 Å². The monoisotopic (exact) mass is 1360 g/mol. The Morgan fingerprint density at radius 1 is 0.281 bits per heavy atom. The van der Waals surface area contributed by atoms with Crippen LogP contribution in [0.5, 0.6) is 0 Å². The van der Waals surface area contributed by atoms with E-state index in [0.29, 0.717) is 39.3 Å². The first-order valence-electron chi connectivity index (χ1n) is 40.0. The Morgan fingerprint density at radius 3 is 0.677 bits per heavy atom. The summed E-state index contributed by atoms with van der Waals surface area (Å²) in [7, 11) is 0. The number of aliphatic hydroxyl groups excluding tert-OH is 4. The largest absolute Gasteiger partial charge is 0.382 e. The Bertz CT molecular complexity index is 1630. The van der Waals surface area contributed by atoms with Crippen molar-refractivity contribution in [2.24, 2.45) is 0 Å². The van der Waals surface area contributed by atoms with Crippen molar-refractivity contribution < 1.29 is 49.2 Å². The fourth-order valence-corrected chi connectivity index (χ4v) is 12.6. The smallest absolute Gasteiger partial charge is 0.250 e. The molecule has 4 unspecified atom stereocenters. The molecule has 0 aromatic heterocycles. The minimum atomic E-state index is -1.38. The lowest BCUT2D eigenvalue weighted by molar-refractivity contribution is -0.133. The molecule has 6 amide bonds. The van der Waals surface area contributed by atoms with Crippen molar-refractivity contribution >= 4 is 35.4 Å². The number of unbranched alkanes of at least 4 members (excludes halogenated alkanes) is 36. The number of hydrogen-bond acceptors (Lipinski definition) is 14. The molecule has 1 aliphatic heterocycles. The summed E-state index contributed by atoms with van der Waals surface area (Å²) in [6, 6.07) is 0. The fraction of sp³-hybridized carbons (Fsp3) is 0.921. The summed E-state index contributed by atoms with van der Waals surface area (Å²) in [6.45, 7) is 16.7. The van der Waals surface area contributed by atoms with Crippen LogP contribution in [0.3, 0.4) is 0 Å². The Balaban J connectivity index is 2.59. The minimum absolute atomic E-state index is 0.0744. The molecule has 0 saturated carbocycles. The third kappa shape index (κ3) is 55.3. The van der Waals surface area contributed by atoms with E-state index in [1.807, 2.05) is 0 Å². The second kappa shape index (κ2) is 66.1. The van der Waals surface area contributed by atoms with Crippen molar-refractivity contribution in [3.8, 4) is 0 Å². The van der Waals surface area contributed by atoms with Crippen LogP contribution in [0.15, 0.2) is 0 Å². The molecule has 20 nitrogen and oxygen atoms in total. The van der Waals surface area contributed by atoms with E-state index in [1.54, 1.807) is 9.80 Å². The topological polar surface area (TPSA) is 268 Å². The molecule has 0 spiro atoms. The summed E-state index contributed by atoms with van der Waals surface area (Å²) in [4.78, 5) is 86.3. The van der Waals surface area contributed by atoms with E-state index in [9.17, 15) is 49.2 Å². The van der Waals surface area contributed by atoms with Crippen LogP contribution in [0.1, 0.15) is 310 Å². The lowest BCUT2D eigenvalue weighted by Gasteiger charge is -2.34. The predicted octanol–water partition coefficient (Wildman–Crippen LogP) is 10.6. The van der Waals surface area contributed by atoms with E-state index in [0.717, 1.165) is 129 Å². The van der Waals surface area contributed by atoms with E-state index in [4.69, 9.17) is 0 Å². The third-order valence-electron chi connectivity index (χ3n) is 19.0. The molecular weight excluding hydrogens is 1210 g/mol. The first kappa shape index (κ1) is 90.5. The minimum Gasteiger partial charge on any atom is -0.382 e. The number of aliphatic hydroxyl groups is 4. The molecule has 1 aliphatic rings. The SMILES string of the molecule is CCCCCCCCCCCCNC(=O)C(O)CN(CCC(=O)NCCCN1CCN(CCCNC(=O)CCN(CC(O)C(=O)NCCCCCCCCCCCC)CC(O)C(=O)NCCCCCCCCCCCC)CC1)CC(O)C(=O)NCCCCCCCCCCCC. The van der Waals surface area contributed by atoms with Gasteiger partial charge in [-0.2, -0.15) is 0 Å². The fourth-order valence-electron chi connectivity index (χ4n) is 12.6. The predicted molar refractivity (Wildman–Crippen MR) is 394 cm³/mol. The van der Waals surface area contributed by atoms with Crippen molar-refractivity contribution in [2.45, 2.75) is 335 Å². The van der Waals surface area contributed by atoms with Gasteiger partial charge < -0.3 is 62.1 Å². The number of rotatable bonds is 70. The van der Waals surface area contributed by atoms with E-state index >= 15 is 0 Å². The molecule has 0 aromatic carbocycles. The third-order valence-corrected chi connectivity index (χ3v) is 19.0. The van der Waals surface area contributed by atoms with E-state index in [2.05, 4.69) is 69.4 Å². The first-order chi connectivity index (χ1) is 46.7. The molecule has 1 saturated heterocycles. The maximum atomic E-state index is 13.1. The molecule has 1 fully saturated rings. The van der Waals surface area contributed by atoms with Crippen LogP contribution >= 0.6 is 0 Å². The number of amides is 6. The Morgan fingerprint density at radius 2 is 0.469 bits per heavy atom. The molecule has 564 valence electrons. The summed E-state index contributed by atoms with van der Waals surface area (Å²) in [5.41, 5.74) is 0. The summed E-state index contributed by atoms with van der Waals surface area (Å²) >= 11 is 0. The number of nitrogens with zero attached hydrogens (tertiary/aromatic N) is 4. The number of nitrogens with one attached hydrogen (secondary N) is 6. The van der Waals surface area contributed by atoms with Crippen molar-refractivity contribution in [2.75, 3.05) is 118 Å². The molecule has 96 heavy (non-hydrogen) atoms. The molecule has 0 aliphatic carbocycles. The molecule has 4 atom stereocenters. The molecule has 0 aromatic rings. The molecule has 0 radical (unpaired) electrons.